The van der Waals surface area contributed by atoms with Crippen LogP contribution in [-0.4, -0.2) is 68.7 Å². The van der Waals surface area contributed by atoms with E-state index >= 15 is 0 Å². The van der Waals surface area contributed by atoms with Gasteiger partial charge in [-0.15, -0.1) is 0 Å². The van der Waals surface area contributed by atoms with Crippen LogP contribution in [0.3, 0.4) is 0 Å². The Morgan fingerprint density at radius 3 is 2.24 bits per heavy atom. The van der Waals surface area contributed by atoms with Crippen LogP contribution in [0.4, 0.5) is 23.4 Å². The van der Waals surface area contributed by atoms with E-state index in [2.05, 4.69) is 20.0 Å². The molecule has 2 aromatic rings. The number of rotatable bonds is 9. The number of piperidine rings is 1. The third-order valence-corrected chi connectivity index (χ3v) is 9.08. The number of nitrogens with zero attached hydrogens (tertiary/aromatic N) is 2. The standard InChI is InChI=1S/C19H24F4N4O5S2/c1-2-11-34(30,31)27-15-16(26-14-6-4-3-5-13(14)25-15)32-17(19(21,22)23)18(33(28,29)12-20)7-9-24-10-8-18/h3-6,17,24H,2,7-12H2,1H3,(H,25,27). The number of ether oxygens (including phenoxy) is 1. The second-order valence-corrected chi connectivity index (χ2v) is 12.0. The van der Waals surface area contributed by atoms with Crippen LogP contribution < -0.4 is 14.8 Å². The zero-order valence-electron chi connectivity index (χ0n) is 18.1. The summed E-state index contributed by atoms with van der Waals surface area (Å²) in [5, 5.41) is 2.76. The number of benzene rings is 1. The highest BCUT2D eigenvalue weighted by atomic mass is 32.2. The molecule has 1 saturated heterocycles. The first kappa shape index (κ1) is 26.3. The minimum Gasteiger partial charge on any atom is -0.460 e. The number of aromatic nitrogens is 2. The Bertz CT molecular complexity index is 1230. The highest BCUT2D eigenvalue weighted by Gasteiger charge is 2.62. The maximum atomic E-state index is 14.3. The molecule has 0 saturated carbocycles. The van der Waals surface area contributed by atoms with Crippen molar-refractivity contribution in [1.82, 2.24) is 15.3 Å². The number of nitrogens with one attached hydrogen (secondary N) is 2. The fraction of sp³-hybridized carbons (Fsp3) is 0.579. The summed E-state index contributed by atoms with van der Waals surface area (Å²) in [5.41, 5.74) is 0.255. The minimum absolute atomic E-state index is 0.0876. The van der Waals surface area contributed by atoms with Crippen molar-refractivity contribution in [3.8, 4) is 5.88 Å². The molecule has 1 aromatic heterocycles. The molecule has 190 valence electrons. The number of alkyl halides is 4. The molecule has 9 nitrogen and oxygen atoms in total. The van der Waals surface area contributed by atoms with Crippen molar-refractivity contribution >= 4 is 36.7 Å². The summed E-state index contributed by atoms with van der Waals surface area (Å²) in [5.74, 6) is -1.83. The van der Waals surface area contributed by atoms with Crippen molar-refractivity contribution in [2.75, 3.05) is 29.6 Å². The average molecular weight is 529 g/mol. The lowest BCUT2D eigenvalue weighted by Gasteiger charge is -2.42. The van der Waals surface area contributed by atoms with Crippen molar-refractivity contribution < 1.29 is 39.1 Å². The van der Waals surface area contributed by atoms with Gasteiger partial charge in [-0.25, -0.2) is 31.2 Å². The normalized spacial score (nSPS) is 17.9. The van der Waals surface area contributed by atoms with Gasteiger partial charge in [0.25, 0.3) is 5.88 Å². The lowest BCUT2D eigenvalue weighted by atomic mass is 9.90. The molecule has 3 rings (SSSR count). The van der Waals surface area contributed by atoms with Crippen LogP contribution in [0.5, 0.6) is 5.88 Å². The predicted molar refractivity (Wildman–Crippen MR) is 117 cm³/mol. The van der Waals surface area contributed by atoms with Crippen LogP contribution in [0.15, 0.2) is 24.3 Å². The molecule has 15 heteroatoms. The molecular weight excluding hydrogens is 504 g/mol. The van der Waals surface area contributed by atoms with Crippen molar-refractivity contribution in [3.05, 3.63) is 24.3 Å². The van der Waals surface area contributed by atoms with Gasteiger partial charge >= 0.3 is 6.18 Å². The van der Waals surface area contributed by atoms with Crippen molar-refractivity contribution in [1.29, 1.82) is 0 Å². The second kappa shape index (κ2) is 9.77. The van der Waals surface area contributed by atoms with Gasteiger partial charge in [-0.2, -0.15) is 13.2 Å². The fourth-order valence-electron chi connectivity index (χ4n) is 3.88. The zero-order valence-corrected chi connectivity index (χ0v) is 19.7. The Hall–Kier alpha value is -2.26. The second-order valence-electron chi connectivity index (χ2n) is 7.87. The Morgan fingerprint density at radius 1 is 1.12 bits per heavy atom. The smallest absolute Gasteiger partial charge is 0.427 e. The SMILES string of the molecule is CCCS(=O)(=O)Nc1nc2ccccc2nc1OC(C(F)(F)F)C1(S(=O)(=O)CF)CCNCC1. The third kappa shape index (κ3) is 5.35. The molecule has 0 radical (unpaired) electrons. The lowest BCUT2D eigenvalue weighted by molar-refractivity contribution is -0.208. The van der Waals surface area contributed by atoms with Gasteiger partial charge in [0.15, 0.2) is 15.8 Å². The Morgan fingerprint density at radius 2 is 1.71 bits per heavy atom. The van der Waals surface area contributed by atoms with Crippen molar-refractivity contribution in [2.24, 2.45) is 0 Å². The van der Waals surface area contributed by atoms with E-state index in [1.165, 1.54) is 18.2 Å². The van der Waals surface area contributed by atoms with E-state index in [-0.39, 0.29) is 36.3 Å². The molecule has 1 unspecified atom stereocenters. The van der Waals surface area contributed by atoms with Gasteiger partial charge < -0.3 is 10.1 Å². The first-order chi connectivity index (χ1) is 15.9. The van der Waals surface area contributed by atoms with Gasteiger partial charge in [-0.1, -0.05) is 19.1 Å². The molecule has 0 bridgehead atoms. The number of fused-ring (bicyclic) bond motifs is 1. The van der Waals surface area contributed by atoms with Crippen molar-refractivity contribution in [3.63, 3.8) is 0 Å². The summed E-state index contributed by atoms with van der Waals surface area (Å²) >= 11 is 0. The van der Waals surface area contributed by atoms with E-state index in [1.54, 1.807) is 13.0 Å². The van der Waals surface area contributed by atoms with Crippen LogP contribution >= 0.6 is 0 Å². The van der Waals surface area contributed by atoms with Crippen LogP contribution in [0, 0.1) is 0 Å². The Kier molecular flexibility index (Phi) is 7.57. The molecule has 34 heavy (non-hydrogen) atoms. The summed E-state index contributed by atoms with van der Waals surface area (Å²) in [7, 11) is -8.95. The van der Waals surface area contributed by atoms with Crippen LogP contribution in [0.25, 0.3) is 11.0 Å². The lowest BCUT2D eigenvalue weighted by Crippen LogP contribution is -2.62. The number of hydrogen-bond donors (Lipinski definition) is 2. The van der Waals surface area contributed by atoms with Gasteiger partial charge in [0.05, 0.1) is 16.8 Å². The molecule has 1 aliphatic rings. The summed E-state index contributed by atoms with van der Waals surface area (Å²) in [6, 6.07) is 3.97. The molecule has 1 aromatic carbocycles. The van der Waals surface area contributed by atoms with Crippen LogP contribution in [-0.2, 0) is 19.9 Å². The average Bonchev–Trinajstić information content (AvgIpc) is 2.76. The molecule has 0 amide bonds. The molecule has 2 N–H and O–H groups in total. The highest BCUT2D eigenvalue weighted by Crippen LogP contribution is 2.43. The first-order valence-electron chi connectivity index (χ1n) is 10.3. The molecule has 0 aliphatic carbocycles. The van der Waals surface area contributed by atoms with Crippen LogP contribution in [0.1, 0.15) is 26.2 Å². The molecular formula is C19H24F4N4O5S2. The summed E-state index contributed by atoms with van der Waals surface area (Å²) in [6.45, 7) is 1.36. The number of halogens is 4. The minimum atomic E-state index is -5.26. The van der Waals surface area contributed by atoms with Gasteiger partial charge in [0.1, 0.15) is 4.75 Å². The Labute approximate surface area is 194 Å². The third-order valence-electron chi connectivity index (χ3n) is 5.48. The van der Waals surface area contributed by atoms with E-state index in [9.17, 15) is 34.4 Å². The van der Waals surface area contributed by atoms with E-state index in [0.29, 0.717) is 0 Å². The quantitative estimate of drug-likeness (QED) is 0.476. The zero-order chi connectivity index (χ0) is 25.2. The number of anilines is 1. The topological polar surface area (TPSA) is 127 Å². The van der Waals surface area contributed by atoms with E-state index in [4.69, 9.17) is 4.74 Å². The predicted octanol–water partition coefficient (Wildman–Crippen LogP) is 2.56. The largest absolute Gasteiger partial charge is 0.460 e. The van der Waals surface area contributed by atoms with Gasteiger partial charge in [0.2, 0.25) is 21.9 Å². The summed E-state index contributed by atoms with van der Waals surface area (Å²) in [4.78, 5) is 8.04. The molecule has 1 aliphatic heterocycles. The van der Waals surface area contributed by atoms with E-state index in [1.807, 2.05) is 0 Å². The van der Waals surface area contributed by atoms with Crippen LogP contribution in [0.2, 0.25) is 0 Å². The Balaban J connectivity index is 2.18. The van der Waals surface area contributed by atoms with E-state index < -0.39 is 67.4 Å². The first-order valence-corrected chi connectivity index (χ1v) is 13.7. The van der Waals surface area contributed by atoms with Crippen molar-refractivity contribution in [2.45, 2.75) is 43.2 Å². The number of para-hydroxylation sites is 2. The molecule has 1 atom stereocenters. The van der Waals surface area contributed by atoms with Gasteiger partial charge in [0, 0.05) is 0 Å². The van der Waals surface area contributed by atoms with Gasteiger partial charge in [-0.05, 0) is 44.5 Å². The summed E-state index contributed by atoms with van der Waals surface area (Å²) in [6.07, 6.45) is -9.20. The highest BCUT2D eigenvalue weighted by molar-refractivity contribution is 7.93. The molecule has 1 fully saturated rings. The summed E-state index contributed by atoms with van der Waals surface area (Å²) < 4.78 is 111. The van der Waals surface area contributed by atoms with E-state index in [0.717, 1.165) is 0 Å². The number of hydrogen-bond acceptors (Lipinski definition) is 8. The molecule has 0 spiro atoms. The maximum absolute atomic E-state index is 14.3. The number of sulfonamides is 1. The maximum Gasteiger partial charge on any atom is 0.427 e. The van der Waals surface area contributed by atoms with Gasteiger partial charge in [-0.3, -0.25) is 4.72 Å². The molecule has 2 heterocycles. The number of sulfone groups is 1. The monoisotopic (exact) mass is 528 g/mol. The fourth-order valence-corrected chi connectivity index (χ4v) is 6.50.